The van der Waals surface area contributed by atoms with E-state index in [1.807, 2.05) is 0 Å². The zero-order valence-corrected chi connectivity index (χ0v) is 15.4. The van der Waals surface area contributed by atoms with Crippen molar-refractivity contribution in [2.75, 3.05) is 13.1 Å². The largest absolute Gasteiger partial charge is 0.479 e. The highest BCUT2D eigenvalue weighted by atomic mass is 19.4. The molecule has 1 atom stereocenters. The summed E-state index contributed by atoms with van der Waals surface area (Å²) < 4.78 is 39.5. The molecule has 1 amide bonds. The summed E-state index contributed by atoms with van der Waals surface area (Å²) >= 11 is 0. The van der Waals surface area contributed by atoms with Gasteiger partial charge in [-0.25, -0.2) is 4.79 Å². The summed E-state index contributed by atoms with van der Waals surface area (Å²) in [5.41, 5.74) is -1.51. The van der Waals surface area contributed by atoms with Crippen LogP contribution < -0.4 is 5.32 Å². The molecule has 1 saturated heterocycles. The number of hydrogen-bond acceptors (Lipinski definition) is 3. The van der Waals surface area contributed by atoms with E-state index in [4.69, 9.17) is 0 Å². The second kappa shape index (κ2) is 8.73. The quantitative estimate of drug-likeness (QED) is 0.786. The third-order valence-electron chi connectivity index (χ3n) is 4.98. The van der Waals surface area contributed by atoms with Gasteiger partial charge in [-0.05, 0) is 57.3 Å². The number of nitrogens with zero attached hydrogens (tertiary/aromatic N) is 1. The number of carbonyl (C=O) groups is 2. The fourth-order valence-corrected chi connectivity index (χ4v) is 3.43. The van der Waals surface area contributed by atoms with Crippen LogP contribution in [0.3, 0.4) is 0 Å². The van der Waals surface area contributed by atoms with Crippen LogP contribution in [-0.4, -0.2) is 41.0 Å². The van der Waals surface area contributed by atoms with E-state index in [-0.39, 0.29) is 12.3 Å². The van der Waals surface area contributed by atoms with Crippen molar-refractivity contribution in [1.82, 2.24) is 10.2 Å². The van der Waals surface area contributed by atoms with Gasteiger partial charge in [-0.1, -0.05) is 18.2 Å². The monoisotopic (exact) mass is 386 g/mol. The molecule has 0 radical (unpaired) electrons. The molecule has 0 bridgehead atoms. The number of likely N-dealkylation sites (tertiary alicyclic amines) is 1. The topological polar surface area (TPSA) is 69.6 Å². The van der Waals surface area contributed by atoms with Crippen LogP contribution in [0.4, 0.5) is 13.2 Å². The minimum Gasteiger partial charge on any atom is -0.479 e. The number of alkyl halides is 3. The van der Waals surface area contributed by atoms with Gasteiger partial charge in [-0.2, -0.15) is 13.2 Å². The van der Waals surface area contributed by atoms with Crippen LogP contribution in [0.1, 0.15) is 50.3 Å². The lowest BCUT2D eigenvalue weighted by atomic mass is 9.92. The van der Waals surface area contributed by atoms with Gasteiger partial charge in [0.2, 0.25) is 5.91 Å². The van der Waals surface area contributed by atoms with Crippen molar-refractivity contribution in [2.24, 2.45) is 5.92 Å². The SMILES string of the molecule is CC(C)N1CCC(CC(=O)N[C@H](C(=O)O)c2ccccc2C(F)(F)F)CC1. The van der Waals surface area contributed by atoms with Crippen LogP contribution in [-0.2, 0) is 15.8 Å². The summed E-state index contributed by atoms with van der Waals surface area (Å²) in [6.07, 6.45) is -2.96. The van der Waals surface area contributed by atoms with Crippen molar-refractivity contribution >= 4 is 11.9 Å². The molecule has 1 aromatic rings. The van der Waals surface area contributed by atoms with E-state index < -0.39 is 35.2 Å². The first kappa shape index (κ1) is 21.2. The molecule has 0 aromatic heterocycles. The van der Waals surface area contributed by atoms with Crippen LogP contribution in [0, 0.1) is 5.92 Å². The molecule has 1 aromatic carbocycles. The fraction of sp³-hybridized carbons (Fsp3) is 0.579. The summed E-state index contributed by atoms with van der Waals surface area (Å²) in [5.74, 6) is -1.95. The maximum Gasteiger partial charge on any atom is 0.416 e. The van der Waals surface area contributed by atoms with Crippen LogP contribution in [0.25, 0.3) is 0 Å². The first-order valence-electron chi connectivity index (χ1n) is 9.02. The van der Waals surface area contributed by atoms with Crippen molar-refractivity contribution in [2.45, 2.75) is 51.4 Å². The third kappa shape index (κ3) is 5.69. The van der Waals surface area contributed by atoms with Gasteiger partial charge in [0, 0.05) is 12.5 Å². The number of nitrogens with one attached hydrogen (secondary N) is 1. The number of halogens is 3. The molecule has 0 spiro atoms. The minimum absolute atomic E-state index is 0.104. The summed E-state index contributed by atoms with van der Waals surface area (Å²) in [7, 11) is 0. The highest BCUT2D eigenvalue weighted by Gasteiger charge is 2.37. The predicted octanol–water partition coefficient (Wildman–Crippen LogP) is 3.46. The molecule has 0 saturated carbocycles. The molecule has 0 aliphatic carbocycles. The Morgan fingerprint density at radius 2 is 1.81 bits per heavy atom. The number of aliphatic carboxylic acids is 1. The van der Waals surface area contributed by atoms with Crippen molar-refractivity contribution in [3.05, 3.63) is 35.4 Å². The number of hydrogen-bond donors (Lipinski definition) is 2. The lowest BCUT2D eigenvalue weighted by molar-refractivity contribution is -0.144. The Hall–Kier alpha value is -2.09. The van der Waals surface area contributed by atoms with E-state index in [2.05, 4.69) is 24.1 Å². The lowest BCUT2D eigenvalue weighted by Gasteiger charge is -2.34. The van der Waals surface area contributed by atoms with Crippen LogP contribution >= 0.6 is 0 Å². The highest BCUT2D eigenvalue weighted by molar-refractivity contribution is 5.85. The zero-order chi connectivity index (χ0) is 20.2. The van der Waals surface area contributed by atoms with Crippen molar-refractivity contribution in [1.29, 1.82) is 0 Å². The molecule has 0 unspecified atom stereocenters. The highest BCUT2D eigenvalue weighted by Crippen LogP contribution is 2.34. The Labute approximate surface area is 156 Å². The van der Waals surface area contributed by atoms with Gasteiger partial charge in [0.1, 0.15) is 0 Å². The van der Waals surface area contributed by atoms with Gasteiger partial charge in [0.15, 0.2) is 6.04 Å². The van der Waals surface area contributed by atoms with Crippen LogP contribution in [0.2, 0.25) is 0 Å². The zero-order valence-electron chi connectivity index (χ0n) is 15.4. The van der Waals surface area contributed by atoms with E-state index in [9.17, 15) is 27.9 Å². The molecule has 27 heavy (non-hydrogen) atoms. The Morgan fingerprint density at radius 3 is 2.33 bits per heavy atom. The van der Waals surface area contributed by atoms with Crippen molar-refractivity contribution in [3.63, 3.8) is 0 Å². The summed E-state index contributed by atoms with van der Waals surface area (Å²) in [6.45, 7) is 5.91. The Bertz CT molecular complexity index is 668. The third-order valence-corrected chi connectivity index (χ3v) is 4.98. The van der Waals surface area contributed by atoms with Gasteiger partial charge in [-0.3, -0.25) is 4.79 Å². The van der Waals surface area contributed by atoms with Gasteiger partial charge in [0.05, 0.1) is 5.56 Å². The fourth-order valence-electron chi connectivity index (χ4n) is 3.43. The summed E-state index contributed by atoms with van der Waals surface area (Å²) in [4.78, 5) is 26.1. The maximum absolute atomic E-state index is 13.2. The maximum atomic E-state index is 13.2. The average Bonchev–Trinajstić information content (AvgIpc) is 2.59. The van der Waals surface area contributed by atoms with E-state index in [1.54, 1.807) is 0 Å². The smallest absolute Gasteiger partial charge is 0.416 e. The lowest BCUT2D eigenvalue weighted by Crippen LogP contribution is -2.40. The molecular weight excluding hydrogens is 361 g/mol. The molecule has 2 N–H and O–H groups in total. The first-order valence-corrected chi connectivity index (χ1v) is 9.02. The number of piperidine rings is 1. The Morgan fingerprint density at radius 1 is 1.22 bits per heavy atom. The normalized spacial score (nSPS) is 17.7. The Balaban J connectivity index is 2.05. The van der Waals surface area contributed by atoms with E-state index in [0.717, 1.165) is 38.1 Å². The van der Waals surface area contributed by atoms with Crippen molar-refractivity contribution < 1.29 is 27.9 Å². The average molecular weight is 386 g/mol. The molecule has 1 fully saturated rings. The molecule has 8 heteroatoms. The van der Waals surface area contributed by atoms with Crippen LogP contribution in [0.15, 0.2) is 24.3 Å². The van der Waals surface area contributed by atoms with Gasteiger partial charge in [0.25, 0.3) is 0 Å². The second-order valence-electron chi connectivity index (χ2n) is 7.20. The number of carboxylic acid groups (broad SMARTS) is 1. The minimum atomic E-state index is -4.70. The number of amides is 1. The predicted molar refractivity (Wildman–Crippen MR) is 94.0 cm³/mol. The van der Waals surface area contributed by atoms with Crippen molar-refractivity contribution in [3.8, 4) is 0 Å². The van der Waals surface area contributed by atoms with Crippen LogP contribution in [0.5, 0.6) is 0 Å². The standard InChI is InChI=1S/C19H25F3N2O3/c1-12(2)24-9-7-13(8-10-24)11-16(25)23-17(18(26)27)14-5-3-4-6-15(14)19(20,21)22/h3-6,12-13,17H,7-11H2,1-2H3,(H,23,25)(H,26,27)/t17-/m0/s1. The molecule has 1 aliphatic rings. The summed E-state index contributed by atoms with van der Waals surface area (Å²) in [6, 6.07) is 3.12. The molecule has 1 heterocycles. The molecular formula is C19H25F3N2O3. The number of rotatable bonds is 6. The number of benzene rings is 1. The van der Waals surface area contributed by atoms with Gasteiger partial charge >= 0.3 is 12.1 Å². The molecule has 1 aliphatic heterocycles. The number of carbonyl (C=O) groups excluding carboxylic acids is 1. The summed E-state index contributed by atoms with van der Waals surface area (Å²) in [5, 5.41) is 11.7. The molecule has 150 valence electrons. The van der Waals surface area contributed by atoms with E-state index in [0.29, 0.717) is 6.04 Å². The van der Waals surface area contributed by atoms with Gasteiger partial charge in [-0.15, -0.1) is 0 Å². The second-order valence-corrected chi connectivity index (χ2v) is 7.20. The van der Waals surface area contributed by atoms with E-state index in [1.165, 1.54) is 12.1 Å². The Kier molecular flexibility index (Phi) is 6.86. The molecule has 2 rings (SSSR count). The first-order chi connectivity index (χ1) is 12.6. The van der Waals surface area contributed by atoms with Gasteiger partial charge < -0.3 is 15.3 Å². The van der Waals surface area contributed by atoms with E-state index >= 15 is 0 Å². The molecule has 5 nitrogen and oxygen atoms in total. The number of carboxylic acids is 1.